The molecule has 7 heteroatoms. The van der Waals surface area contributed by atoms with Gasteiger partial charge in [0.1, 0.15) is 24.3 Å². The summed E-state index contributed by atoms with van der Waals surface area (Å²) in [4.78, 5) is 7.64. The van der Waals surface area contributed by atoms with Crippen LogP contribution in [0.4, 0.5) is 0 Å². The van der Waals surface area contributed by atoms with E-state index in [1.165, 1.54) is 7.11 Å². The number of aromatic amines is 1. The van der Waals surface area contributed by atoms with E-state index < -0.39 is 0 Å². The first kappa shape index (κ1) is 19.3. The number of rotatable bonds is 6. The van der Waals surface area contributed by atoms with Crippen LogP contribution in [0.2, 0.25) is 0 Å². The molecule has 2 aromatic carbocycles. The van der Waals surface area contributed by atoms with Gasteiger partial charge in [-0.15, -0.1) is 6.42 Å². The summed E-state index contributed by atoms with van der Waals surface area (Å²) in [5.74, 6) is 4.61. The molecule has 0 fully saturated rings. The molecule has 0 aliphatic heterocycles. The minimum absolute atomic E-state index is 0.129. The van der Waals surface area contributed by atoms with E-state index in [4.69, 9.17) is 20.6 Å². The highest BCUT2D eigenvalue weighted by molar-refractivity contribution is 9.10. The van der Waals surface area contributed by atoms with Crippen molar-refractivity contribution in [1.29, 1.82) is 5.26 Å². The number of allylic oxidation sites excluding steroid dienone is 1. The van der Waals surface area contributed by atoms with Crippen molar-refractivity contribution in [1.82, 2.24) is 9.97 Å². The van der Waals surface area contributed by atoms with Gasteiger partial charge in [0.25, 0.3) is 0 Å². The van der Waals surface area contributed by atoms with E-state index in [0.717, 1.165) is 21.1 Å². The van der Waals surface area contributed by atoms with Gasteiger partial charge in [-0.2, -0.15) is 5.26 Å². The minimum atomic E-state index is 0.129. The lowest BCUT2D eigenvalue weighted by molar-refractivity contribution is 0.330. The molecule has 0 aliphatic rings. The molecule has 3 aromatic rings. The van der Waals surface area contributed by atoms with Gasteiger partial charge in [0, 0.05) is 10.5 Å². The molecule has 0 saturated carbocycles. The second-order valence-corrected chi connectivity index (χ2v) is 6.51. The number of benzene rings is 2. The molecule has 140 valence electrons. The van der Waals surface area contributed by atoms with Gasteiger partial charge in [0.2, 0.25) is 0 Å². The third-order valence-corrected chi connectivity index (χ3v) is 4.65. The van der Waals surface area contributed by atoms with Crippen LogP contribution >= 0.6 is 15.9 Å². The Morgan fingerprint density at radius 1 is 1.25 bits per heavy atom. The van der Waals surface area contributed by atoms with Crippen molar-refractivity contribution < 1.29 is 14.2 Å². The number of H-pyrrole nitrogens is 1. The van der Waals surface area contributed by atoms with Crippen LogP contribution in [0.1, 0.15) is 11.4 Å². The number of hydrogen-bond acceptors (Lipinski definition) is 5. The summed E-state index contributed by atoms with van der Waals surface area (Å²) < 4.78 is 16.8. The Bertz CT molecular complexity index is 1140. The van der Waals surface area contributed by atoms with E-state index in [9.17, 15) is 5.26 Å². The third kappa shape index (κ3) is 3.95. The Morgan fingerprint density at radius 2 is 2.07 bits per heavy atom. The van der Waals surface area contributed by atoms with Crippen LogP contribution in [0.5, 0.6) is 17.2 Å². The first-order valence-corrected chi connectivity index (χ1v) is 8.98. The summed E-state index contributed by atoms with van der Waals surface area (Å²) in [5, 5.41) is 9.66. The minimum Gasteiger partial charge on any atom is -0.497 e. The van der Waals surface area contributed by atoms with Gasteiger partial charge in [-0.05, 0) is 35.9 Å². The summed E-state index contributed by atoms with van der Waals surface area (Å²) in [7, 11) is 3.14. The lowest BCUT2D eigenvalue weighted by Gasteiger charge is -2.11. The van der Waals surface area contributed by atoms with E-state index in [1.54, 1.807) is 25.3 Å². The van der Waals surface area contributed by atoms with Gasteiger partial charge < -0.3 is 19.2 Å². The molecule has 0 bridgehead atoms. The summed E-state index contributed by atoms with van der Waals surface area (Å²) >= 11 is 3.50. The first-order chi connectivity index (χ1) is 13.6. The van der Waals surface area contributed by atoms with Gasteiger partial charge in [0.15, 0.2) is 11.5 Å². The number of aromatic nitrogens is 2. The molecule has 1 aromatic heterocycles. The summed E-state index contributed by atoms with van der Waals surface area (Å²) in [6.07, 6.45) is 6.96. The van der Waals surface area contributed by atoms with Gasteiger partial charge in [-0.1, -0.05) is 21.9 Å². The molecular formula is C21H16BrN3O3. The van der Waals surface area contributed by atoms with Crippen LogP contribution < -0.4 is 14.2 Å². The predicted octanol–water partition coefficient (Wildman–Crippen LogP) is 4.42. The topological polar surface area (TPSA) is 80.2 Å². The number of terminal acetylenes is 1. The zero-order chi connectivity index (χ0) is 20.1. The first-order valence-electron chi connectivity index (χ1n) is 8.19. The van der Waals surface area contributed by atoms with E-state index in [1.807, 2.05) is 18.2 Å². The summed E-state index contributed by atoms with van der Waals surface area (Å²) in [5.41, 5.74) is 2.63. The number of methoxy groups -OCH3 is 2. The molecule has 0 atom stereocenters. The lowest BCUT2D eigenvalue weighted by Crippen LogP contribution is -1.97. The van der Waals surface area contributed by atoms with Crippen molar-refractivity contribution in [2.45, 2.75) is 0 Å². The average Bonchev–Trinajstić information content (AvgIpc) is 3.14. The molecule has 1 heterocycles. The number of nitrogens with one attached hydrogen (secondary N) is 1. The maximum atomic E-state index is 9.66. The summed E-state index contributed by atoms with van der Waals surface area (Å²) in [6, 6.07) is 11.2. The highest BCUT2D eigenvalue weighted by Crippen LogP contribution is 2.35. The van der Waals surface area contributed by atoms with Crippen molar-refractivity contribution in [2.24, 2.45) is 0 Å². The van der Waals surface area contributed by atoms with Crippen LogP contribution in [0, 0.1) is 23.7 Å². The monoisotopic (exact) mass is 437 g/mol. The Balaban J connectivity index is 2.03. The zero-order valence-electron chi connectivity index (χ0n) is 15.2. The van der Waals surface area contributed by atoms with Crippen molar-refractivity contribution >= 4 is 38.6 Å². The van der Waals surface area contributed by atoms with Gasteiger partial charge in [-0.3, -0.25) is 0 Å². The largest absolute Gasteiger partial charge is 0.497 e. The van der Waals surface area contributed by atoms with Crippen molar-refractivity contribution in [2.75, 3.05) is 20.8 Å². The Morgan fingerprint density at radius 3 is 2.75 bits per heavy atom. The lowest BCUT2D eigenvalue weighted by atomic mass is 10.1. The maximum Gasteiger partial charge on any atom is 0.163 e. The van der Waals surface area contributed by atoms with Crippen LogP contribution in [-0.4, -0.2) is 30.8 Å². The molecule has 0 radical (unpaired) electrons. The number of nitriles is 1. The number of halogens is 1. The molecule has 28 heavy (non-hydrogen) atoms. The molecule has 0 spiro atoms. The summed E-state index contributed by atoms with van der Waals surface area (Å²) in [6.45, 7) is 0.129. The van der Waals surface area contributed by atoms with Crippen molar-refractivity contribution in [3.63, 3.8) is 0 Å². The van der Waals surface area contributed by atoms with Gasteiger partial charge >= 0.3 is 0 Å². The second-order valence-electron chi connectivity index (χ2n) is 5.66. The van der Waals surface area contributed by atoms with Crippen molar-refractivity contribution in [3.05, 3.63) is 46.2 Å². The Kier molecular flexibility index (Phi) is 5.88. The maximum absolute atomic E-state index is 9.66. The van der Waals surface area contributed by atoms with E-state index in [2.05, 4.69) is 37.9 Å². The quantitative estimate of drug-likeness (QED) is 0.455. The van der Waals surface area contributed by atoms with E-state index in [0.29, 0.717) is 28.6 Å². The molecule has 3 rings (SSSR count). The predicted molar refractivity (Wildman–Crippen MR) is 111 cm³/mol. The Labute approximate surface area is 170 Å². The average molecular weight is 438 g/mol. The highest BCUT2D eigenvalue weighted by Gasteiger charge is 2.13. The smallest absolute Gasteiger partial charge is 0.163 e. The number of imidazole rings is 1. The van der Waals surface area contributed by atoms with Crippen LogP contribution in [0.25, 0.3) is 22.7 Å². The standard InChI is InChI=1S/C21H16BrN3O3/c1-4-7-28-20-11-16(22)13(9-19(20)27-3)8-14(12-23)21-24-17-6-5-15(26-2)10-18(17)25-21/h1,5-6,8-11H,7H2,2-3H3,(H,24,25)/b14-8+. The SMILES string of the molecule is C#CCOc1cc(Br)c(/C=C(\C#N)c2nc3ccc(OC)cc3[nH]2)cc1OC. The number of fused-ring (bicyclic) bond motifs is 1. The van der Waals surface area contributed by atoms with E-state index >= 15 is 0 Å². The molecule has 0 saturated heterocycles. The molecule has 1 N–H and O–H groups in total. The third-order valence-electron chi connectivity index (χ3n) is 3.96. The zero-order valence-corrected chi connectivity index (χ0v) is 16.8. The van der Waals surface area contributed by atoms with Crippen LogP contribution in [0.15, 0.2) is 34.8 Å². The van der Waals surface area contributed by atoms with E-state index in [-0.39, 0.29) is 6.61 Å². The molecule has 0 unspecified atom stereocenters. The molecule has 0 amide bonds. The number of ether oxygens (including phenoxy) is 3. The molecule has 0 aliphatic carbocycles. The Hall–Kier alpha value is -3.42. The fourth-order valence-electron chi connectivity index (χ4n) is 2.61. The van der Waals surface area contributed by atoms with Crippen LogP contribution in [0.3, 0.4) is 0 Å². The highest BCUT2D eigenvalue weighted by atomic mass is 79.9. The van der Waals surface area contributed by atoms with Gasteiger partial charge in [0.05, 0.1) is 30.8 Å². The number of hydrogen-bond donors (Lipinski definition) is 1. The molecule has 6 nitrogen and oxygen atoms in total. The normalized spacial score (nSPS) is 11.0. The molecular weight excluding hydrogens is 422 g/mol. The fraction of sp³-hybridized carbons (Fsp3) is 0.143. The van der Waals surface area contributed by atoms with Gasteiger partial charge in [-0.25, -0.2) is 4.98 Å². The second kappa shape index (κ2) is 8.51. The van der Waals surface area contributed by atoms with Crippen LogP contribution in [-0.2, 0) is 0 Å². The number of nitrogens with zero attached hydrogens (tertiary/aromatic N) is 2. The fourth-order valence-corrected chi connectivity index (χ4v) is 3.04. The van der Waals surface area contributed by atoms with Crippen molar-refractivity contribution in [3.8, 4) is 35.7 Å².